The topological polar surface area (TPSA) is 52.3 Å². The van der Waals surface area contributed by atoms with E-state index >= 15 is 0 Å². The summed E-state index contributed by atoms with van der Waals surface area (Å²) in [6, 6.07) is 11.3. The van der Waals surface area contributed by atoms with Crippen LogP contribution in [0.4, 0.5) is 4.39 Å². The maximum absolute atomic E-state index is 14.0. The summed E-state index contributed by atoms with van der Waals surface area (Å²) in [5.41, 5.74) is 7.79. The highest BCUT2D eigenvalue weighted by Gasteiger charge is 2.14. The smallest absolute Gasteiger partial charge is 0.338 e. The maximum atomic E-state index is 14.0. The Morgan fingerprint density at radius 2 is 1.95 bits per heavy atom. The Morgan fingerprint density at radius 3 is 2.55 bits per heavy atom. The summed E-state index contributed by atoms with van der Waals surface area (Å²) in [7, 11) is 1.32. The summed E-state index contributed by atoms with van der Waals surface area (Å²) in [5, 5.41) is 0. The van der Waals surface area contributed by atoms with Crippen molar-refractivity contribution in [3.05, 3.63) is 59.4 Å². The molecule has 20 heavy (non-hydrogen) atoms. The molecule has 0 unspecified atom stereocenters. The van der Waals surface area contributed by atoms with E-state index in [-0.39, 0.29) is 11.9 Å². The molecule has 2 aromatic carbocycles. The number of ether oxygens (including phenoxy) is 1. The van der Waals surface area contributed by atoms with Crippen LogP contribution in [0.2, 0.25) is 0 Å². The highest BCUT2D eigenvalue weighted by molar-refractivity contribution is 5.97. The van der Waals surface area contributed by atoms with Crippen molar-refractivity contribution in [1.29, 1.82) is 0 Å². The summed E-state index contributed by atoms with van der Waals surface area (Å²) in [4.78, 5) is 11.7. The fourth-order valence-electron chi connectivity index (χ4n) is 2.09. The second-order valence-corrected chi connectivity index (χ2v) is 4.56. The predicted octanol–water partition coefficient (Wildman–Crippen LogP) is 3.30. The molecule has 104 valence electrons. The molecule has 3 nitrogen and oxygen atoms in total. The lowest BCUT2D eigenvalue weighted by Gasteiger charge is -2.11. The third-order valence-electron chi connectivity index (χ3n) is 3.13. The van der Waals surface area contributed by atoms with Gasteiger partial charge in [0.1, 0.15) is 5.82 Å². The van der Waals surface area contributed by atoms with Crippen LogP contribution >= 0.6 is 0 Å². The molecule has 0 saturated heterocycles. The molecule has 4 heteroatoms. The van der Waals surface area contributed by atoms with E-state index in [0.717, 1.165) is 0 Å². The van der Waals surface area contributed by atoms with Crippen LogP contribution in [-0.4, -0.2) is 13.1 Å². The summed E-state index contributed by atoms with van der Waals surface area (Å²) in [5.74, 6) is -0.825. The molecule has 0 bridgehead atoms. The molecule has 0 heterocycles. The first-order chi connectivity index (χ1) is 9.54. The lowest BCUT2D eigenvalue weighted by molar-refractivity contribution is 0.0601. The largest absolute Gasteiger partial charge is 0.465 e. The molecule has 2 N–H and O–H groups in total. The number of esters is 1. The lowest BCUT2D eigenvalue weighted by atomic mass is 9.97. The number of carbonyl (C=O) groups excluding carboxylic acids is 1. The van der Waals surface area contributed by atoms with E-state index < -0.39 is 5.97 Å². The van der Waals surface area contributed by atoms with Gasteiger partial charge in [0.15, 0.2) is 0 Å². The predicted molar refractivity (Wildman–Crippen MR) is 75.8 cm³/mol. The number of carbonyl (C=O) groups is 1. The molecular formula is C16H16FNO2. The molecule has 1 atom stereocenters. The quantitative estimate of drug-likeness (QED) is 0.873. The summed E-state index contributed by atoms with van der Waals surface area (Å²) in [6.45, 7) is 1.72. The van der Waals surface area contributed by atoms with Crippen LogP contribution in [0.3, 0.4) is 0 Å². The summed E-state index contributed by atoms with van der Waals surface area (Å²) < 4.78 is 18.7. The van der Waals surface area contributed by atoms with Crippen molar-refractivity contribution in [3.8, 4) is 11.1 Å². The third-order valence-corrected chi connectivity index (χ3v) is 3.13. The van der Waals surface area contributed by atoms with E-state index in [0.29, 0.717) is 22.3 Å². The molecule has 2 rings (SSSR count). The lowest BCUT2D eigenvalue weighted by Crippen LogP contribution is -2.08. The van der Waals surface area contributed by atoms with Crippen molar-refractivity contribution >= 4 is 5.97 Å². The summed E-state index contributed by atoms with van der Waals surface area (Å²) in [6.07, 6.45) is 0. The van der Waals surface area contributed by atoms with Gasteiger partial charge in [0.2, 0.25) is 0 Å². The molecular weight excluding hydrogens is 257 g/mol. The van der Waals surface area contributed by atoms with Crippen molar-refractivity contribution in [3.63, 3.8) is 0 Å². The van der Waals surface area contributed by atoms with Crippen molar-refractivity contribution < 1.29 is 13.9 Å². The van der Waals surface area contributed by atoms with E-state index in [2.05, 4.69) is 0 Å². The Balaban J connectivity index is 2.52. The molecule has 0 radical (unpaired) electrons. The number of hydrogen-bond donors (Lipinski definition) is 1. The number of rotatable bonds is 3. The molecule has 0 spiro atoms. The molecule has 2 aromatic rings. The molecule has 0 aliphatic carbocycles. The Bertz CT molecular complexity index is 638. The fourth-order valence-corrected chi connectivity index (χ4v) is 2.09. The van der Waals surface area contributed by atoms with E-state index in [1.807, 2.05) is 0 Å². The minimum absolute atomic E-state index is 0.375. The van der Waals surface area contributed by atoms with Crippen LogP contribution in [0.25, 0.3) is 11.1 Å². The van der Waals surface area contributed by atoms with Gasteiger partial charge in [0.05, 0.1) is 12.7 Å². The second kappa shape index (κ2) is 5.84. The maximum Gasteiger partial charge on any atom is 0.338 e. The minimum atomic E-state index is -0.447. The van der Waals surface area contributed by atoms with Crippen LogP contribution in [0.1, 0.15) is 28.9 Å². The van der Waals surface area contributed by atoms with Gasteiger partial charge in [-0.3, -0.25) is 0 Å². The highest BCUT2D eigenvalue weighted by atomic mass is 19.1. The van der Waals surface area contributed by atoms with Crippen molar-refractivity contribution in [2.24, 2.45) is 5.73 Å². The van der Waals surface area contributed by atoms with Crippen LogP contribution in [0, 0.1) is 5.82 Å². The zero-order chi connectivity index (χ0) is 14.7. The minimum Gasteiger partial charge on any atom is -0.465 e. The average Bonchev–Trinajstić information content (AvgIpc) is 2.46. The first kappa shape index (κ1) is 14.2. The Morgan fingerprint density at radius 1 is 1.25 bits per heavy atom. The van der Waals surface area contributed by atoms with Gasteiger partial charge in [-0.25, -0.2) is 9.18 Å². The van der Waals surface area contributed by atoms with E-state index in [1.165, 1.54) is 13.2 Å². The number of nitrogens with two attached hydrogens (primary N) is 1. The van der Waals surface area contributed by atoms with Gasteiger partial charge in [0.25, 0.3) is 0 Å². The Hall–Kier alpha value is -2.20. The van der Waals surface area contributed by atoms with E-state index in [1.54, 1.807) is 43.3 Å². The zero-order valence-electron chi connectivity index (χ0n) is 11.4. The Kier molecular flexibility index (Phi) is 4.15. The fraction of sp³-hybridized carbons (Fsp3) is 0.188. The first-order valence-corrected chi connectivity index (χ1v) is 6.27. The normalized spacial score (nSPS) is 12.0. The molecule has 0 aliphatic rings. The van der Waals surface area contributed by atoms with Crippen molar-refractivity contribution in [1.82, 2.24) is 0 Å². The number of halogens is 1. The van der Waals surface area contributed by atoms with Crippen LogP contribution in [-0.2, 0) is 4.74 Å². The standard InChI is InChI=1S/C16H16FNO2/c1-10(18)12-8-7-11(9-15(12)17)13-5-3-4-6-14(13)16(19)20-2/h3-10H,18H2,1-2H3/t10-/m1/s1. The molecule has 0 saturated carbocycles. The van der Waals surface area contributed by atoms with Crippen LogP contribution < -0.4 is 5.73 Å². The number of hydrogen-bond acceptors (Lipinski definition) is 3. The highest BCUT2D eigenvalue weighted by Crippen LogP contribution is 2.27. The van der Waals surface area contributed by atoms with Crippen molar-refractivity contribution in [2.75, 3.05) is 7.11 Å². The van der Waals surface area contributed by atoms with E-state index in [4.69, 9.17) is 10.5 Å². The van der Waals surface area contributed by atoms with Crippen molar-refractivity contribution in [2.45, 2.75) is 13.0 Å². The molecule has 0 aromatic heterocycles. The monoisotopic (exact) mass is 273 g/mol. The third kappa shape index (κ3) is 2.70. The van der Waals surface area contributed by atoms with Gasteiger partial charge in [-0.1, -0.05) is 30.3 Å². The van der Waals surface area contributed by atoms with Gasteiger partial charge in [0, 0.05) is 11.6 Å². The SMILES string of the molecule is COC(=O)c1ccccc1-c1ccc([C@@H](C)N)c(F)c1. The molecule has 0 amide bonds. The van der Waals surface area contributed by atoms with Crippen LogP contribution in [0.15, 0.2) is 42.5 Å². The second-order valence-electron chi connectivity index (χ2n) is 4.56. The molecule has 0 fully saturated rings. The Labute approximate surface area is 117 Å². The van der Waals surface area contributed by atoms with E-state index in [9.17, 15) is 9.18 Å². The summed E-state index contributed by atoms with van der Waals surface area (Å²) >= 11 is 0. The van der Waals surface area contributed by atoms with Crippen LogP contribution in [0.5, 0.6) is 0 Å². The first-order valence-electron chi connectivity index (χ1n) is 6.27. The van der Waals surface area contributed by atoms with Gasteiger partial charge in [-0.15, -0.1) is 0 Å². The number of methoxy groups -OCH3 is 1. The van der Waals surface area contributed by atoms with Gasteiger partial charge in [-0.2, -0.15) is 0 Å². The van der Waals surface area contributed by atoms with Gasteiger partial charge < -0.3 is 10.5 Å². The van der Waals surface area contributed by atoms with Gasteiger partial charge in [-0.05, 0) is 30.2 Å². The number of benzene rings is 2. The zero-order valence-corrected chi connectivity index (χ0v) is 11.4. The average molecular weight is 273 g/mol. The van der Waals surface area contributed by atoms with Gasteiger partial charge >= 0.3 is 5.97 Å². The molecule has 0 aliphatic heterocycles.